The zero-order valence-electron chi connectivity index (χ0n) is 9.73. The van der Waals surface area contributed by atoms with Crippen LogP contribution in [-0.2, 0) is 0 Å². The summed E-state index contributed by atoms with van der Waals surface area (Å²) in [5.74, 6) is -1.72. The number of aliphatic hydroxyl groups excluding tert-OH is 1. The van der Waals surface area contributed by atoms with E-state index in [2.05, 4.69) is 0 Å². The molecule has 1 atom stereocenters. The molecule has 0 unspecified atom stereocenters. The third-order valence-corrected chi connectivity index (χ3v) is 3.57. The number of benzene rings is 2. The van der Waals surface area contributed by atoms with Gasteiger partial charge in [-0.05, 0) is 36.8 Å². The molecule has 0 fully saturated rings. The van der Waals surface area contributed by atoms with E-state index in [-0.39, 0.29) is 0 Å². The fourth-order valence-corrected chi connectivity index (χ4v) is 2.64. The molecule has 1 nitrogen and oxygen atoms in total. The largest absolute Gasteiger partial charge is 0.389 e. The van der Waals surface area contributed by atoms with Crippen LogP contribution < -0.4 is 0 Å². The summed E-state index contributed by atoms with van der Waals surface area (Å²) in [6.07, 6.45) is -0.598. The molecule has 0 radical (unpaired) electrons. The first-order chi connectivity index (χ1) is 8.58. The molecule has 0 heterocycles. The van der Waals surface area contributed by atoms with Gasteiger partial charge < -0.3 is 5.11 Å². The molecule has 94 valence electrons. The van der Waals surface area contributed by atoms with Gasteiger partial charge in [0.2, 0.25) is 0 Å². The molecule has 4 heteroatoms. The molecule has 0 bridgehead atoms. The molecule has 2 aromatic rings. The second-order valence-electron chi connectivity index (χ2n) is 3.89. The van der Waals surface area contributed by atoms with Gasteiger partial charge in [0.05, 0.1) is 6.10 Å². The van der Waals surface area contributed by atoms with E-state index in [1.807, 2.05) is 24.3 Å². The summed E-state index contributed by atoms with van der Waals surface area (Å²) < 4.78 is 25.9. The van der Waals surface area contributed by atoms with Crippen molar-refractivity contribution in [2.45, 2.75) is 22.8 Å². The second-order valence-corrected chi connectivity index (χ2v) is 5.01. The van der Waals surface area contributed by atoms with Gasteiger partial charge in [-0.1, -0.05) is 30.0 Å². The van der Waals surface area contributed by atoms with Gasteiger partial charge in [0.15, 0.2) is 11.6 Å². The van der Waals surface area contributed by atoms with Crippen molar-refractivity contribution in [2.75, 3.05) is 0 Å². The fourth-order valence-electron chi connectivity index (χ4n) is 1.59. The van der Waals surface area contributed by atoms with Gasteiger partial charge >= 0.3 is 0 Å². The van der Waals surface area contributed by atoms with Gasteiger partial charge in [-0.15, -0.1) is 0 Å². The summed E-state index contributed by atoms with van der Waals surface area (Å²) >= 11 is 1.30. The van der Waals surface area contributed by atoms with Crippen molar-refractivity contribution in [3.63, 3.8) is 0 Å². The van der Waals surface area contributed by atoms with Crippen molar-refractivity contribution >= 4 is 11.8 Å². The highest BCUT2D eigenvalue weighted by Gasteiger charge is 2.10. The Morgan fingerprint density at radius 2 is 1.78 bits per heavy atom. The monoisotopic (exact) mass is 266 g/mol. The lowest BCUT2D eigenvalue weighted by Gasteiger charge is -2.11. The van der Waals surface area contributed by atoms with Gasteiger partial charge in [-0.25, -0.2) is 8.78 Å². The Balaban J connectivity index is 2.31. The molecule has 1 N–H and O–H groups in total. The Bertz CT molecular complexity index is 555. The Labute approximate surface area is 108 Å². The van der Waals surface area contributed by atoms with Crippen molar-refractivity contribution in [3.05, 3.63) is 59.7 Å². The van der Waals surface area contributed by atoms with Crippen LogP contribution in [0.2, 0.25) is 0 Å². The van der Waals surface area contributed by atoms with Crippen LogP contribution in [0.5, 0.6) is 0 Å². The van der Waals surface area contributed by atoms with Crippen LogP contribution in [0.4, 0.5) is 8.78 Å². The van der Waals surface area contributed by atoms with Gasteiger partial charge in [0.1, 0.15) is 0 Å². The Morgan fingerprint density at radius 3 is 2.44 bits per heavy atom. The molecule has 18 heavy (non-hydrogen) atoms. The van der Waals surface area contributed by atoms with Crippen LogP contribution in [0.15, 0.2) is 52.3 Å². The molecular weight excluding hydrogens is 254 g/mol. The predicted octanol–water partition coefficient (Wildman–Crippen LogP) is 4.17. The lowest BCUT2D eigenvalue weighted by atomic mass is 10.1. The fraction of sp³-hybridized carbons (Fsp3) is 0.143. The van der Waals surface area contributed by atoms with Gasteiger partial charge in [-0.2, -0.15) is 0 Å². The van der Waals surface area contributed by atoms with Gasteiger partial charge in [0, 0.05) is 9.79 Å². The average Bonchev–Trinajstić information content (AvgIpc) is 2.34. The smallest absolute Gasteiger partial charge is 0.159 e. The lowest BCUT2D eigenvalue weighted by Crippen LogP contribution is -1.93. The molecule has 0 spiro atoms. The normalized spacial score (nSPS) is 12.4. The van der Waals surface area contributed by atoms with E-state index in [1.165, 1.54) is 17.8 Å². The van der Waals surface area contributed by atoms with E-state index >= 15 is 0 Å². The number of halogens is 2. The second kappa shape index (κ2) is 5.50. The molecule has 0 amide bonds. The first kappa shape index (κ1) is 13.1. The summed E-state index contributed by atoms with van der Waals surface area (Å²) in [6, 6.07) is 11.1. The highest BCUT2D eigenvalue weighted by atomic mass is 32.2. The molecule has 0 saturated carbocycles. The third kappa shape index (κ3) is 2.89. The highest BCUT2D eigenvalue weighted by Crippen LogP contribution is 2.33. The van der Waals surface area contributed by atoms with E-state index < -0.39 is 17.7 Å². The highest BCUT2D eigenvalue weighted by molar-refractivity contribution is 7.99. The molecule has 0 aliphatic heterocycles. The lowest BCUT2D eigenvalue weighted by molar-refractivity contribution is 0.196. The molecule has 2 aromatic carbocycles. The van der Waals surface area contributed by atoms with Crippen LogP contribution in [0.3, 0.4) is 0 Å². The van der Waals surface area contributed by atoms with E-state index in [0.29, 0.717) is 4.90 Å². The Hall–Kier alpha value is -1.39. The molecule has 2 rings (SSSR count). The zero-order chi connectivity index (χ0) is 13.1. The topological polar surface area (TPSA) is 20.2 Å². The zero-order valence-corrected chi connectivity index (χ0v) is 10.5. The maximum atomic E-state index is 13.1. The summed E-state index contributed by atoms with van der Waals surface area (Å²) in [4.78, 5) is 1.43. The van der Waals surface area contributed by atoms with Crippen LogP contribution in [0.1, 0.15) is 18.6 Å². The van der Waals surface area contributed by atoms with Crippen molar-refractivity contribution in [3.8, 4) is 0 Å². The van der Waals surface area contributed by atoms with Gasteiger partial charge in [-0.3, -0.25) is 0 Å². The van der Waals surface area contributed by atoms with Crippen molar-refractivity contribution in [1.82, 2.24) is 0 Å². The standard InChI is InChI=1S/C14H12F2OS/c1-9(17)11-4-2-3-5-14(11)18-10-6-7-12(15)13(16)8-10/h2-9,17H,1H3/t9-/m1/s1. The molecule has 0 aliphatic rings. The maximum absolute atomic E-state index is 13.1. The van der Waals surface area contributed by atoms with Crippen LogP contribution >= 0.6 is 11.8 Å². The minimum Gasteiger partial charge on any atom is -0.389 e. The van der Waals surface area contributed by atoms with Crippen molar-refractivity contribution in [1.29, 1.82) is 0 Å². The number of hydrogen-bond donors (Lipinski definition) is 1. The van der Waals surface area contributed by atoms with E-state index in [1.54, 1.807) is 6.92 Å². The summed E-state index contributed by atoms with van der Waals surface area (Å²) in [5.41, 5.74) is 0.771. The quantitative estimate of drug-likeness (QED) is 0.899. The van der Waals surface area contributed by atoms with Crippen molar-refractivity contribution in [2.24, 2.45) is 0 Å². The van der Waals surface area contributed by atoms with E-state index in [0.717, 1.165) is 22.6 Å². The van der Waals surface area contributed by atoms with Crippen molar-refractivity contribution < 1.29 is 13.9 Å². The third-order valence-electron chi connectivity index (χ3n) is 2.49. The van der Waals surface area contributed by atoms with E-state index in [9.17, 15) is 13.9 Å². The van der Waals surface area contributed by atoms with Crippen LogP contribution in [0.25, 0.3) is 0 Å². The number of rotatable bonds is 3. The Morgan fingerprint density at radius 1 is 1.06 bits per heavy atom. The first-order valence-electron chi connectivity index (χ1n) is 5.48. The summed E-state index contributed by atoms with van der Waals surface area (Å²) in [5, 5.41) is 9.63. The number of aliphatic hydroxyl groups is 1. The van der Waals surface area contributed by atoms with Gasteiger partial charge in [0.25, 0.3) is 0 Å². The summed E-state index contributed by atoms with van der Waals surface area (Å²) in [7, 11) is 0. The van der Waals surface area contributed by atoms with Crippen LogP contribution in [0, 0.1) is 11.6 Å². The minimum atomic E-state index is -0.866. The molecular formula is C14H12F2OS. The molecule has 0 aromatic heterocycles. The van der Waals surface area contributed by atoms with E-state index in [4.69, 9.17) is 0 Å². The average molecular weight is 266 g/mol. The minimum absolute atomic E-state index is 0.598. The molecule has 0 aliphatic carbocycles. The molecule has 0 saturated heterocycles. The first-order valence-corrected chi connectivity index (χ1v) is 6.29. The number of hydrogen-bond acceptors (Lipinski definition) is 2. The SMILES string of the molecule is C[C@@H](O)c1ccccc1Sc1ccc(F)c(F)c1. The predicted molar refractivity (Wildman–Crippen MR) is 67.6 cm³/mol. The Kier molecular flexibility index (Phi) is 3.99. The maximum Gasteiger partial charge on any atom is 0.159 e. The van der Waals surface area contributed by atoms with Crippen LogP contribution in [-0.4, -0.2) is 5.11 Å². The summed E-state index contributed by atoms with van der Waals surface area (Å²) in [6.45, 7) is 1.67.